The predicted molar refractivity (Wildman–Crippen MR) is 55.4 cm³/mol. The molecule has 4 atom stereocenters. The summed E-state index contributed by atoms with van der Waals surface area (Å²) in [6.45, 7) is -1.12. The van der Waals surface area contributed by atoms with Gasteiger partial charge in [-0.05, 0) is 0 Å². The molecule has 0 amide bonds. The summed E-state index contributed by atoms with van der Waals surface area (Å²) >= 11 is 0. The zero-order chi connectivity index (χ0) is 14.9. The number of hydrogen-bond donors (Lipinski definition) is 8. The molecule has 0 aromatic heterocycles. The van der Waals surface area contributed by atoms with Gasteiger partial charge in [0, 0.05) is 17.1 Å². The average molecular weight is 326 g/mol. The molecule has 115 valence electrons. The number of aliphatic carboxylic acids is 2. The van der Waals surface area contributed by atoms with Crippen LogP contribution in [-0.2, 0) is 26.7 Å². The molecule has 11 heteroatoms. The molecule has 0 aromatic carbocycles. The maximum absolute atomic E-state index is 10.1. The van der Waals surface area contributed by atoms with Gasteiger partial charge >= 0.3 is 11.9 Å². The first-order valence-electron chi connectivity index (χ1n) is 4.66. The number of nitrogens with two attached hydrogens (primary N) is 1. The number of aliphatic hydroxyl groups is 5. The van der Waals surface area contributed by atoms with Crippen LogP contribution in [0.2, 0.25) is 0 Å². The molecule has 0 aliphatic carbocycles. The molecule has 1 radical (unpaired) electrons. The van der Waals surface area contributed by atoms with Gasteiger partial charge in [-0.25, -0.2) is 4.79 Å². The molecule has 0 aliphatic rings. The van der Waals surface area contributed by atoms with Crippen LogP contribution < -0.4 is 5.73 Å². The summed E-state index contributed by atoms with van der Waals surface area (Å²) in [5, 5.41) is 59.4. The Kier molecular flexibility index (Phi) is 15.1. The summed E-state index contributed by atoms with van der Waals surface area (Å²) in [6.07, 6.45) is -7.84. The quantitative estimate of drug-likeness (QED) is 0.220. The fourth-order valence-corrected chi connectivity index (χ4v) is 0.668. The molecule has 0 heterocycles. The van der Waals surface area contributed by atoms with Crippen LogP contribution in [0.3, 0.4) is 0 Å². The van der Waals surface area contributed by atoms with Crippen molar-refractivity contribution < 1.29 is 62.4 Å². The number of aliphatic hydroxyl groups excluding tert-OH is 5. The molecule has 0 bridgehead atoms. The topological polar surface area (TPSA) is 202 Å². The van der Waals surface area contributed by atoms with Crippen molar-refractivity contribution in [3.63, 3.8) is 0 Å². The molecule has 0 spiro atoms. The van der Waals surface area contributed by atoms with Gasteiger partial charge < -0.3 is 41.5 Å². The van der Waals surface area contributed by atoms with Crippen LogP contribution in [0.15, 0.2) is 0 Å². The van der Waals surface area contributed by atoms with E-state index in [1.807, 2.05) is 0 Å². The van der Waals surface area contributed by atoms with Crippen LogP contribution >= 0.6 is 0 Å². The van der Waals surface area contributed by atoms with Gasteiger partial charge in [0.05, 0.1) is 13.2 Å². The van der Waals surface area contributed by atoms with Crippen LogP contribution in [0.4, 0.5) is 0 Å². The molecular formula is C8H17MnNO9. The van der Waals surface area contributed by atoms with Crippen molar-refractivity contribution in [1.29, 1.82) is 0 Å². The van der Waals surface area contributed by atoms with Crippen molar-refractivity contribution in [2.24, 2.45) is 5.73 Å². The Morgan fingerprint density at radius 3 is 1.58 bits per heavy atom. The third-order valence-corrected chi connectivity index (χ3v) is 1.68. The molecule has 19 heavy (non-hydrogen) atoms. The average Bonchev–Trinajstić information content (AvgIpc) is 2.35. The SMILES string of the molecule is NCC(=O)O.O=C(O)[C@H](O)[C@@H](O)[C@H](O)[C@H](O)CO.[Mn]. The molecule has 0 saturated heterocycles. The van der Waals surface area contributed by atoms with E-state index in [2.05, 4.69) is 5.73 Å². The van der Waals surface area contributed by atoms with Crippen LogP contribution in [0.25, 0.3) is 0 Å². The first-order chi connectivity index (χ1) is 8.18. The van der Waals surface area contributed by atoms with Gasteiger partial charge in [0.2, 0.25) is 0 Å². The number of hydrogen-bond acceptors (Lipinski definition) is 8. The number of carboxylic acid groups (broad SMARTS) is 2. The maximum Gasteiger partial charge on any atom is 0.335 e. The maximum atomic E-state index is 10.1. The van der Waals surface area contributed by atoms with Gasteiger partial charge in [0.15, 0.2) is 6.10 Å². The van der Waals surface area contributed by atoms with Crippen molar-refractivity contribution in [2.75, 3.05) is 13.2 Å². The Morgan fingerprint density at radius 1 is 1.00 bits per heavy atom. The number of carboxylic acids is 2. The van der Waals surface area contributed by atoms with E-state index >= 15 is 0 Å². The summed E-state index contributed by atoms with van der Waals surface area (Å²) in [4.78, 5) is 19.3. The molecule has 0 rings (SSSR count). The minimum absolute atomic E-state index is 0. The summed E-state index contributed by atoms with van der Waals surface area (Å²) < 4.78 is 0. The molecule has 0 fully saturated rings. The van der Waals surface area contributed by atoms with Crippen LogP contribution in [0.1, 0.15) is 0 Å². The fourth-order valence-electron chi connectivity index (χ4n) is 0.668. The van der Waals surface area contributed by atoms with Crippen molar-refractivity contribution in [3.8, 4) is 0 Å². The minimum Gasteiger partial charge on any atom is -0.480 e. The first kappa shape index (κ1) is 23.3. The third-order valence-electron chi connectivity index (χ3n) is 1.68. The van der Waals surface area contributed by atoms with Gasteiger partial charge in [0.1, 0.15) is 18.3 Å². The number of carbonyl (C=O) groups is 2. The second-order valence-corrected chi connectivity index (χ2v) is 3.11. The molecule has 10 nitrogen and oxygen atoms in total. The van der Waals surface area contributed by atoms with E-state index in [-0.39, 0.29) is 23.6 Å². The standard InChI is InChI=1S/C6H12O7.C2H5NO2.Mn/c7-1-2(8)3(9)4(10)5(11)6(12)13;3-1-2(4)5;/h2-5,7-11H,1H2,(H,12,13);1,3H2,(H,4,5);/t2-,3-,4+,5-;;/m1../s1. The van der Waals surface area contributed by atoms with E-state index in [1.54, 1.807) is 0 Å². The fraction of sp³-hybridized carbons (Fsp3) is 0.750. The molecular weight excluding hydrogens is 309 g/mol. The second kappa shape index (κ2) is 12.3. The summed E-state index contributed by atoms with van der Waals surface area (Å²) in [6, 6.07) is 0. The van der Waals surface area contributed by atoms with E-state index < -0.39 is 43.0 Å². The van der Waals surface area contributed by atoms with E-state index in [1.165, 1.54) is 0 Å². The molecule has 0 aliphatic heterocycles. The zero-order valence-corrected chi connectivity index (χ0v) is 10.8. The van der Waals surface area contributed by atoms with Gasteiger partial charge in [-0.15, -0.1) is 0 Å². The summed E-state index contributed by atoms with van der Waals surface area (Å²) in [5.41, 5.74) is 4.57. The summed E-state index contributed by atoms with van der Waals surface area (Å²) in [7, 11) is 0. The van der Waals surface area contributed by atoms with Crippen molar-refractivity contribution in [1.82, 2.24) is 0 Å². The van der Waals surface area contributed by atoms with Gasteiger partial charge in [0.25, 0.3) is 0 Å². The summed E-state index contributed by atoms with van der Waals surface area (Å²) in [5.74, 6) is -2.69. The first-order valence-corrected chi connectivity index (χ1v) is 4.66. The molecule has 9 N–H and O–H groups in total. The Hall–Kier alpha value is -0.781. The van der Waals surface area contributed by atoms with Crippen molar-refractivity contribution in [2.45, 2.75) is 24.4 Å². The van der Waals surface area contributed by atoms with Gasteiger partial charge in [-0.2, -0.15) is 0 Å². The molecule has 0 saturated carbocycles. The van der Waals surface area contributed by atoms with Gasteiger partial charge in [-0.1, -0.05) is 0 Å². The second-order valence-electron chi connectivity index (χ2n) is 3.11. The van der Waals surface area contributed by atoms with Crippen LogP contribution in [0.5, 0.6) is 0 Å². The van der Waals surface area contributed by atoms with E-state index in [0.717, 1.165) is 0 Å². The normalized spacial score (nSPS) is 15.9. The Balaban J connectivity index is -0.000000366. The smallest absolute Gasteiger partial charge is 0.335 e. The Bertz CT molecular complexity index is 265. The minimum atomic E-state index is -2.20. The van der Waals surface area contributed by atoms with Gasteiger partial charge in [-0.3, -0.25) is 4.79 Å². The van der Waals surface area contributed by atoms with E-state index in [4.69, 9.17) is 35.7 Å². The number of rotatable bonds is 6. The Labute approximate surface area is 118 Å². The Morgan fingerprint density at radius 2 is 1.37 bits per heavy atom. The molecule has 0 unspecified atom stereocenters. The molecule has 0 aromatic rings. The van der Waals surface area contributed by atoms with E-state index in [9.17, 15) is 9.59 Å². The largest absolute Gasteiger partial charge is 0.480 e. The third kappa shape index (κ3) is 10.8. The predicted octanol–water partition coefficient (Wildman–Crippen LogP) is -4.47. The van der Waals surface area contributed by atoms with E-state index in [0.29, 0.717) is 0 Å². The zero-order valence-electron chi connectivity index (χ0n) is 9.63. The van der Waals surface area contributed by atoms with Crippen molar-refractivity contribution >= 4 is 11.9 Å². The monoisotopic (exact) mass is 326 g/mol. The van der Waals surface area contributed by atoms with Crippen LogP contribution in [-0.4, -0.2) is 85.3 Å². The van der Waals surface area contributed by atoms with Crippen LogP contribution in [0, 0.1) is 0 Å². The van der Waals surface area contributed by atoms with Crippen molar-refractivity contribution in [3.05, 3.63) is 0 Å².